The van der Waals surface area contributed by atoms with Crippen molar-refractivity contribution in [3.05, 3.63) is 0 Å². The molecule has 0 aliphatic heterocycles. The number of carbonyl (C=O) groups excluding carboxylic acids is 2. The third kappa shape index (κ3) is 5.21. The first-order chi connectivity index (χ1) is 8.95. The standard InChI is InChI=1S/C15H30N2O3/c1-8-15(6,11(2)3)17(7)10-13(19)16-9-12(18)14(4,5)20/h11,20H,8-10H2,1-7H3,(H,16,19). The molecule has 5 nitrogen and oxygen atoms in total. The van der Waals surface area contributed by atoms with Crippen LogP contribution in [0.15, 0.2) is 0 Å². The maximum Gasteiger partial charge on any atom is 0.234 e. The molecule has 0 aliphatic rings. The van der Waals surface area contributed by atoms with E-state index in [9.17, 15) is 14.7 Å². The van der Waals surface area contributed by atoms with Crippen LogP contribution in [-0.2, 0) is 9.59 Å². The van der Waals surface area contributed by atoms with E-state index >= 15 is 0 Å². The van der Waals surface area contributed by atoms with E-state index in [2.05, 4.69) is 33.0 Å². The highest BCUT2D eigenvalue weighted by Gasteiger charge is 2.32. The summed E-state index contributed by atoms with van der Waals surface area (Å²) in [7, 11) is 1.92. The van der Waals surface area contributed by atoms with Gasteiger partial charge in [0, 0.05) is 5.54 Å². The first-order valence-electron chi connectivity index (χ1n) is 7.18. The minimum atomic E-state index is -1.41. The highest BCUT2D eigenvalue weighted by atomic mass is 16.3. The van der Waals surface area contributed by atoms with Gasteiger partial charge in [-0.1, -0.05) is 20.8 Å². The molecule has 0 aliphatic carbocycles. The van der Waals surface area contributed by atoms with Crippen LogP contribution in [0.4, 0.5) is 0 Å². The summed E-state index contributed by atoms with van der Waals surface area (Å²) < 4.78 is 0. The molecule has 0 radical (unpaired) electrons. The number of aliphatic hydroxyl groups is 1. The molecule has 0 spiro atoms. The minimum absolute atomic E-state index is 0.0579. The maximum atomic E-state index is 11.9. The molecule has 0 fully saturated rings. The zero-order valence-electron chi connectivity index (χ0n) is 13.9. The molecule has 1 amide bonds. The van der Waals surface area contributed by atoms with Crippen molar-refractivity contribution in [2.45, 2.75) is 59.1 Å². The van der Waals surface area contributed by atoms with E-state index in [-0.39, 0.29) is 24.5 Å². The van der Waals surface area contributed by atoms with Gasteiger partial charge in [0.1, 0.15) is 5.60 Å². The van der Waals surface area contributed by atoms with Crippen LogP contribution in [0.5, 0.6) is 0 Å². The summed E-state index contributed by atoms with van der Waals surface area (Å²) in [6, 6.07) is 0. The molecule has 0 saturated carbocycles. The zero-order valence-corrected chi connectivity index (χ0v) is 13.9. The second kappa shape index (κ2) is 7.18. The number of hydrogen-bond acceptors (Lipinski definition) is 4. The molecule has 2 N–H and O–H groups in total. The second-order valence-corrected chi connectivity index (χ2v) is 6.48. The smallest absolute Gasteiger partial charge is 0.234 e. The molecule has 0 aromatic heterocycles. The average Bonchev–Trinajstić information content (AvgIpc) is 2.32. The number of Topliss-reactive ketones (excluding diaryl/α,β-unsaturated/α-hetero) is 1. The first kappa shape index (κ1) is 19.1. The van der Waals surface area contributed by atoms with Crippen LogP contribution in [0.1, 0.15) is 48.0 Å². The topological polar surface area (TPSA) is 69.6 Å². The van der Waals surface area contributed by atoms with Gasteiger partial charge in [-0.3, -0.25) is 14.5 Å². The van der Waals surface area contributed by atoms with Crippen molar-refractivity contribution in [1.82, 2.24) is 10.2 Å². The highest BCUT2D eigenvalue weighted by molar-refractivity contribution is 5.91. The van der Waals surface area contributed by atoms with Gasteiger partial charge in [-0.2, -0.15) is 0 Å². The monoisotopic (exact) mass is 286 g/mol. The van der Waals surface area contributed by atoms with Gasteiger partial charge < -0.3 is 10.4 Å². The lowest BCUT2D eigenvalue weighted by molar-refractivity contribution is -0.135. The average molecular weight is 286 g/mol. The van der Waals surface area contributed by atoms with Gasteiger partial charge in [-0.15, -0.1) is 0 Å². The molecule has 20 heavy (non-hydrogen) atoms. The van der Waals surface area contributed by atoms with Crippen molar-refractivity contribution < 1.29 is 14.7 Å². The number of nitrogens with zero attached hydrogens (tertiary/aromatic N) is 1. The number of rotatable bonds is 8. The Morgan fingerprint density at radius 1 is 1.25 bits per heavy atom. The molecular formula is C15H30N2O3. The number of nitrogens with one attached hydrogen (secondary N) is 1. The summed E-state index contributed by atoms with van der Waals surface area (Å²) in [5.41, 5.74) is -1.47. The Kier molecular flexibility index (Phi) is 6.84. The molecule has 0 rings (SSSR count). The normalized spacial score (nSPS) is 15.3. The summed E-state index contributed by atoms with van der Waals surface area (Å²) >= 11 is 0. The Hall–Kier alpha value is -0.940. The molecule has 118 valence electrons. The SMILES string of the molecule is CCC(C)(C(C)C)N(C)CC(=O)NCC(=O)C(C)(C)O. The molecular weight excluding hydrogens is 256 g/mol. The fourth-order valence-electron chi connectivity index (χ4n) is 1.97. The molecule has 0 aromatic rings. The summed E-state index contributed by atoms with van der Waals surface area (Å²) in [6.45, 7) is 11.4. The predicted octanol–water partition coefficient (Wildman–Crippen LogP) is 1.20. The van der Waals surface area contributed by atoms with E-state index in [1.165, 1.54) is 13.8 Å². The van der Waals surface area contributed by atoms with Crippen LogP contribution in [0.25, 0.3) is 0 Å². The van der Waals surface area contributed by atoms with Crippen molar-refractivity contribution >= 4 is 11.7 Å². The first-order valence-corrected chi connectivity index (χ1v) is 7.18. The summed E-state index contributed by atoms with van der Waals surface area (Å²) in [5, 5.41) is 12.1. The fraction of sp³-hybridized carbons (Fsp3) is 0.867. The molecule has 0 aromatic carbocycles. The van der Waals surface area contributed by atoms with E-state index in [4.69, 9.17) is 0 Å². The second-order valence-electron chi connectivity index (χ2n) is 6.48. The fourth-order valence-corrected chi connectivity index (χ4v) is 1.97. The number of carbonyl (C=O) groups is 2. The summed E-state index contributed by atoms with van der Waals surface area (Å²) in [6.07, 6.45) is 0.942. The summed E-state index contributed by atoms with van der Waals surface area (Å²) in [4.78, 5) is 25.4. The van der Waals surface area contributed by atoms with Crippen LogP contribution >= 0.6 is 0 Å². The lowest BCUT2D eigenvalue weighted by Crippen LogP contribution is -2.52. The van der Waals surface area contributed by atoms with Gasteiger partial charge in [-0.25, -0.2) is 0 Å². The van der Waals surface area contributed by atoms with E-state index < -0.39 is 11.4 Å². The molecule has 5 heteroatoms. The highest BCUT2D eigenvalue weighted by Crippen LogP contribution is 2.26. The minimum Gasteiger partial charge on any atom is -0.383 e. The van der Waals surface area contributed by atoms with E-state index in [1.807, 2.05) is 11.9 Å². The third-order valence-corrected chi connectivity index (χ3v) is 4.34. The third-order valence-electron chi connectivity index (χ3n) is 4.34. The van der Waals surface area contributed by atoms with Gasteiger partial charge in [-0.05, 0) is 40.2 Å². The van der Waals surface area contributed by atoms with Crippen LogP contribution < -0.4 is 5.32 Å². The van der Waals surface area contributed by atoms with Gasteiger partial charge in [0.2, 0.25) is 5.91 Å². The van der Waals surface area contributed by atoms with Crippen LogP contribution in [0.3, 0.4) is 0 Å². The van der Waals surface area contributed by atoms with Crippen LogP contribution in [0, 0.1) is 5.92 Å². The Morgan fingerprint density at radius 2 is 1.75 bits per heavy atom. The number of likely N-dealkylation sites (N-methyl/N-ethyl adjacent to an activating group) is 1. The van der Waals surface area contributed by atoms with Gasteiger partial charge in [0.05, 0.1) is 13.1 Å². The van der Waals surface area contributed by atoms with E-state index in [0.717, 1.165) is 6.42 Å². The summed E-state index contributed by atoms with van der Waals surface area (Å²) in [5.74, 6) is -0.177. The van der Waals surface area contributed by atoms with Crippen molar-refractivity contribution in [3.8, 4) is 0 Å². The Balaban J connectivity index is 4.45. The maximum absolute atomic E-state index is 11.9. The Morgan fingerprint density at radius 3 is 2.10 bits per heavy atom. The zero-order chi connectivity index (χ0) is 16.1. The van der Waals surface area contributed by atoms with E-state index in [0.29, 0.717) is 5.92 Å². The molecule has 0 saturated heterocycles. The largest absolute Gasteiger partial charge is 0.383 e. The number of ketones is 1. The molecule has 0 heterocycles. The molecule has 0 bridgehead atoms. The molecule has 1 unspecified atom stereocenters. The lowest BCUT2D eigenvalue weighted by Gasteiger charge is -2.41. The predicted molar refractivity (Wildman–Crippen MR) is 80.5 cm³/mol. The van der Waals surface area contributed by atoms with Gasteiger partial charge in [0.15, 0.2) is 5.78 Å². The number of hydrogen-bond donors (Lipinski definition) is 2. The Bertz CT molecular complexity index is 348. The quantitative estimate of drug-likeness (QED) is 0.703. The van der Waals surface area contributed by atoms with Crippen molar-refractivity contribution in [1.29, 1.82) is 0 Å². The van der Waals surface area contributed by atoms with Crippen molar-refractivity contribution in [2.24, 2.45) is 5.92 Å². The van der Waals surface area contributed by atoms with Gasteiger partial charge >= 0.3 is 0 Å². The Labute approximate surface area is 122 Å². The number of amides is 1. The van der Waals surface area contributed by atoms with Crippen LogP contribution in [0.2, 0.25) is 0 Å². The molecule has 1 atom stereocenters. The van der Waals surface area contributed by atoms with E-state index in [1.54, 1.807) is 0 Å². The van der Waals surface area contributed by atoms with Crippen LogP contribution in [-0.4, -0.2) is 53.0 Å². The lowest BCUT2D eigenvalue weighted by atomic mass is 9.84. The van der Waals surface area contributed by atoms with Crippen molar-refractivity contribution in [2.75, 3.05) is 20.1 Å². The van der Waals surface area contributed by atoms with Crippen molar-refractivity contribution in [3.63, 3.8) is 0 Å². The van der Waals surface area contributed by atoms with Gasteiger partial charge in [0.25, 0.3) is 0 Å².